The number of hydrogen-bond acceptors (Lipinski definition) is 4. The molecule has 1 fully saturated rings. The lowest BCUT2D eigenvalue weighted by atomic mass is 10.2. The van der Waals surface area contributed by atoms with E-state index < -0.39 is 0 Å². The van der Waals surface area contributed by atoms with Crippen LogP contribution in [0.1, 0.15) is 18.1 Å². The molecular weight excluding hydrogens is 482 g/mol. The monoisotopic (exact) mass is 512 g/mol. The van der Waals surface area contributed by atoms with Gasteiger partial charge in [-0.2, -0.15) is 0 Å². The van der Waals surface area contributed by atoms with Crippen molar-refractivity contribution in [2.75, 3.05) is 44.7 Å². The summed E-state index contributed by atoms with van der Waals surface area (Å²) in [6.07, 6.45) is 1.91. The van der Waals surface area contributed by atoms with Crippen LogP contribution in [0.2, 0.25) is 0 Å². The molecule has 6 nitrogen and oxygen atoms in total. The number of benzene rings is 1. The molecule has 3 rings (SSSR count). The second kappa shape index (κ2) is 11.9. The van der Waals surface area contributed by atoms with Crippen LogP contribution in [0.3, 0.4) is 0 Å². The summed E-state index contributed by atoms with van der Waals surface area (Å²) in [6.45, 7) is 8.68. The Morgan fingerprint density at radius 3 is 2.38 bits per heavy atom. The van der Waals surface area contributed by atoms with Gasteiger partial charge in [0.2, 0.25) is 0 Å². The van der Waals surface area contributed by atoms with Crippen molar-refractivity contribution in [1.82, 2.24) is 20.5 Å². The number of nitrogens with one attached hydrogen (secondary N) is 2. The van der Waals surface area contributed by atoms with Gasteiger partial charge in [0, 0.05) is 52.5 Å². The van der Waals surface area contributed by atoms with Crippen molar-refractivity contribution >= 4 is 35.8 Å². The van der Waals surface area contributed by atoms with Crippen LogP contribution in [0.4, 0.5) is 10.2 Å². The first kappa shape index (κ1) is 23.3. The van der Waals surface area contributed by atoms with Crippen molar-refractivity contribution in [1.29, 1.82) is 0 Å². The number of hydrogen-bond donors (Lipinski definition) is 2. The highest BCUT2D eigenvalue weighted by atomic mass is 127. The first-order chi connectivity index (χ1) is 13.7. The number of rotatable bonds is 6. The second-order valence-corrected chi connectivity index (χ2v) is 6.86. The van der Waals surface area contributed by atoms with E-state index in [1.54, 1.807) is 13.1 Å². The minimum Gasteiger partial charge on any atom is -0.354 e. The van der Waals surface area contributed by atoms with Gasteiger partial charge in [-0.25, -0.2) is 9.37 Å². The molecule has 0 atom stereocenters. The number of piperazine rings is 1. The topological polar surface area (TPSA) is 55.8 Å². The van der Waals surface area contributed by atoms with Crippen molar-refractivity contribution in [2.24, 2.45) is 4.99 Å². The molecule has 158 valence electrons. The molecule has 0 amide bonds. The molecular formula is C21H30FIN6. The molecule has 8 heteroatoms. The molecule has 1 aliphatic heterocycles. The normalized spacial score (nSPS) is 15.0. The zero-order valence-corrected chi connectivity index (χ0v) is 19.4. The van der Waals surface area contributed by atoms with Crippen LogP contribution in [0.15, 0.2) is 47.6 Å². The summed E-state index contributed by atoms with van der Waals surface area (Å²) in [5.41, 5.74) is 1.96. The Balaban J connectivity index is 0.00000300. The Morgan fingerprint density at radius 2 is 1.79 bits per heavy atom. The van der Waals surface area contributed by atoms with Crippen LogP contribution in [0.5, 0.6) is 0 Å². The highest BCUT2D eigenvalue weighted by Crippen LogP contribution is 2.14. The van der Waals surface area contributed by atoms with Gasteiger partial charge in [-0.15, -0.1) is 24.0 Å². The van der Waals surface area contributed by atoms with Crippen LogP contribution in [0, 0.1) is 5.82 Å². The summed E-state index contributed by atoms with van der Waals surface area (Å²) < 4.78 is 13.3. The Kier molecular flexibility index (Phi) is 9.59. The molecule has 0 unspecified atom stereocenters. The average molecular weight is 512 g/mol. The standard InChI is InChI=1S/C21H29FN6.HI/c1-3-27-9-11-28(12-10-27)20-8-7-18(15-24-20)16-26-21(23-2)25-14-17-5-4-6-19(22)13-17;/h4-8,13,15H,3,9-12,14,16H2,1-2H3,(H2,23,25,26);1H. The molecule has 0 bridgehead atoms. The lowest BCUT2D eigenvalue weighted by Gasteiger charge is -2.34. The second-order valence-electron chi connectivity index (χ2n) is 6.86. The largest absolute Gasteiger partial charge is 0.354 e. The average Bonchev–Trinajstić information content (AvgIpc) is 2.74. The van der Waals surface area contributed by atoms with E-state index in [-0.39, 0.29) is 29.8 Å². The number of aliphatic imine (C=N–C) groups is 1. The van der Waals surface area contributed by atoms with Crippen LogP contribution in [-0.2, 0) is 13.1 Å². The minimum atomic E-state index is -0.232. The van der Waals surface area contributed by atoms with Gasteiger partial charge in [0.1, 0.15) is 11.6 Å². The van der Waals surface area contributed by atoms with Crippen LogP contribution < -0.4 is 15.5 Å². The van der Waals surface area contributed by atoms with Crippen molar-refractivity contribution in [3.8, 4) is 0 Å². The van der Waals surface area contributed by atoms with Crippen molar-refractivity contribution in [3.63, 3.8) is 0 Å². The van der Waals surface area contributed by atoms with E-state index in [4.69, 9.17) is 0 Å². The lowest BCUT2D eigenvalue weighted by Crippen LogP contribution is -2.46. The molecule has 2 heterocycles. The predicted molar refractivity (Wildman–Crippen MR) is 127 cm³/mol. The maximum Gasteiger partial charge on any atom is 0.191 e. The molecule has 0 spiro atoms. The fourth-order valence-corrected chi connectivity index (χ4v) is 3.24. The van der Waals surface area contributed by atoms with Crippen LogP contribution in [-0.4, -0.2) is 55.6 Å². The highest BCUT2D eigenvalue weighted by molar-refractivity contribution is 14.0. The molecule has 0 radical (unpaired) electrons. The van der Waals surface area contributed by atoms with Crippen molar-refractivity contribution in [2.45, 2.75) is 20.0 Å². The van der Waals surface area contributed by atoms with Gasteiger partial charge in [-0.05, 0) is 35.9 Å². The van der Waals surface area contributed by atoms with Gasteiger partial charge in [0.05, 0.1) is 0 Å². The van der Waals surface area contributed by atoms with E-state index in [2.05, 4.69) is 49.5 Å². The molecule has 1 saturated heterocycles. The van der Waals surface area contributed by atoms with Gasteiger partial charge >= 0.3 is 0 Å². The van der Waals surface area contributed by atoms with Crippen molar-refractivity contribution < 1.29 is 4.39 Å². The summed E-state index contributed by atoms with van der Waals surface area (Å²) in [6, 6.07) is 10.7. The molecule has 2 N–H and O–H groups in total. The van der Waals surface area contributed by atoms with Gasteiger partial charge in [0.25, 0.3) is 0 Å². The molecule has 2 aromatic rings. The Hall–Kier alpha value is -1.94. The van der Waals surface area contributed by atoms with Gasteiger partial charge < -0.3 is 20.4 Å². The summed E-state index contributed by atoms with van der Waals surface area (Å²) in [4.78, 5) is 13.6. The Labute approximate surface area is 189 Å². The Bertz CT molecular complexity index is 775. The smallest absolute Gasteiger partial charge is 0.191 e. The van der Waals surface area contributed by atoms with E-state index in [9.17, 15) is 4.39 Å². The molecule has 1 aromatic carbocycles. The third-order valence-corrected chi connectivity index (χ3v) is 4.99. The zero-order chi connectivity index (χ0) is 19.8. The van der Waals surface area contributed by atoms with Crippen LogP contribution >= 0.6 is 24.0 Å². The third kappa shape index (κ3) is 7.11. The SMILES string of the molecule is CCN1CCN(c2ccc(CNC(=NC)NCc3cccc(F)c3)cn2)CC1.I. The highest BCUT2D eigenvalue weighted by Gasteiger charge is 2.16. The fourth-order valence-electron chi connectivity index (χ4n) is 3.24. The summed E-state index contributed by atoms with van der Waals surface area (Å²) >= 11 is 0. The van der Waals surface area contributed by atoms with Gasteiger partial charge in [-0.1, -0.05) is 25.1 Å². The number of likely N-dealkylation sites (N-methyl/N-ethyl adjacent to an activating group) is 1. The number of anilines is 1. The minimum absolute atomic E-state index is 0. The number of pyridine rings is 1. The first-order valence-corrected chi connectivity index (χ1v) is 9.79. The quantitative estimate of drug-likeness (QED) is 0.354. The van der Waals surface area contributed by atoms with E-state index in [0.717, 1.165) is 49.7 Å². The van der Waals surface area contributed by atoms with Crippen molar-refractivity contribution in [3.05, 3.63) is 59.5 Å². The number of guanidine groups is 1. The maximum atomic E-state index is 13.3. The van der Waals surface area contributed by atoms with E-state index >= 15 is 0 Å². The third-order valence-electron chi connectivity index (χ3n) is 4.99. The van der Waals surface area contributed by atoms with E-state index in [1.807, 2.05) is 12.3 Å². The van der Waals surface area contributed by atoms with Gasteiger partial charge in [0.15, 0.2) is 5.96 Å². The Morgan fingerprint density at radius 1 is 1.07 bits per heavy atom. The van der Waals surface area contributed by atoms with E-state index in [1.165, 1.54) is 12.1 Å². The number of aromatic nitrogens is 1. The number of nitrogens with zero attached hydrogens (tertiary/aromatic N) is 4. The maximum absolute atomic E-state index is 13.3. The summed E-state index contributed by atoms with van der Waals surface area (Å²) in [7, 11) is 1.72. The predicted octanol–water partition coefficient (Wildman–Crippen LogP) is 2.85. The fraction of sp³-hybridized carbons (Fsp3) is 0.429. The molecule has 1 aromatic heterocycles. The number of halogens is 2. The lowest BCUT2D eigenvalue weighted by molar-refractivity contribution is 0.270. The first-order valence-electron chi connectivity index (χ1n) is 9.79. The molecule has 0 aliphatic carbocycles. The van der Waals surface area contributed by atoms with Gasteiger partial charge in [-0.3, -0.25) is 4.99 Å². The molecule has 29 heavy (non-hydrogen) atoms. The molecule has 1 aliphatic rings. The van der Waals surface area contributed by atoms with E-state index in [0.29, 0.717) is 19.0 Å². The summed E-state index contributed by atoms with van der Waals surface area (Å²) in [5, 5.41) is 6.46. The van der Waals surface area contributed by atoms with Crippen LogP contribution in [0.25, 0.3) is 0 Å². The zero-order valence-electron chi connectivity index (χ0n) is 17.1. The molecule has 0 saturated carbocycles. The summed E-state index contributed by atoms with van der Waals surface area (Å²) in [5.74, 6) is 1.47.